The third-order valence-corrected chi connectivity index (χ3v) is 5.19. The van der Waals surface area contributed by atoms with Crippen LogP contribution in [0.1, 0.15) is 22.7 Å². The smallest absolute Gasteiger partial charge is 0.151 e. The van der Waals surface area contributed by atoms with E-state index in [0.717, 1.165) is 5.69 Å². The monoisotopic (exact) mass is 353 g/mol. The minimum atomic E-state index is -0.545. The van der Waals surface area contributed by atoms with Gasteiger partial charge in [-0.25, -0.2) is 0 Å². The Morgan fingerprint density at radius 3 is 1.85 bits per heavy atom. The summed E-state index contributed by atoms with van der Waals surface area (Å²) in [6, 6.07) is 31.9. The highest BCUT2D eigenvalue weighted by atomic mass is 15.3. The lowest BCUT2D eigenvalue weighted by molar-refractivity contribution is 0.0877. The lowest BCUT2D eigenvalue weighted by Crippen LogP contribution is -2.65. The molecule has 3 aromatic rings. The van der Waals surface area contributed by atoms with Gasteiger partial charge in [-0.3, -0.25) is 4.90 Å². The van der Waals surface area contributed by atoms with E-state index in [-0.39, 0.29) is 6.04 Å². The highest BCUT2D eigenvalue weighted by Gasteiger charge is 2.46. The number of anilines is 1. The minimum Gasteiger partial charge on any atom is -0.365 e. The average Bonchev–Trinajstić information content (AvgIpc) is 2.69. The fourth-order valence-corrected chi connectivity index (χ4v) is 3.81. The molecule has 0 radical (unpaired) electrons. The van der Waals surface area contributed by atoms with Crippen LogP contribution in [0.5, 0.6) is 0 Å². The van der Waals surface area contributed by atoms with Crippen molar-refractivity contribution < 1.29 is 0 Å². The topological polar surface area (TPSA) is 39.1 Å². The molecule has 3 heteroatoms. The SMILES string of the molecule is Cc1ccc(NC2(C#N)CN(C(c3ccccc3)c3ccccc3)C2)cc1. The van der Waals surface area contributed by atoms with Crippen molar-refractivity contribution in [3.8, 4) is 6.07 Å². The number of nitriles is 1. The molecule has 0 spiro atoms. The molecule has 3 aromatic carbocycles. The van der Waals surface area contributed by atoms with E-state index in [1.807, 2.05) is 24.3 Å². The molecule has 1 aliphatic heterocycles. The van der Waals surface area contributed by atoms with Gasteiger partial charge in [-0.15, -0.1) is 0 Å². The Balaban J connectivity index is 1.57. The van der Waals surface area contributed by atoms with Crippen LogP contribution in [0.25, 0.3) is 0 Å². The van der Waals surface area contributed by atoms with E-state index in [9.17, 15) is 5.26 Å². The van der Waals surface area contributed by atoms with Crippen molar-refractivity contribution in [1.29, 1.82) is 5.26 Å². The van der Waals surface area contributed by atoms with Gasteiger partial charge in [-0.05, 0) is 30.2 Å². The van der Waals surface area contributed by atoms with Crippen molar-refractivity contribution in [2.24, 2.45) is 0 Å². The molecule has 1 heterocycles. The standard InChI is InChI=1S/C24H23N3/c1-19-12-14-22(15-13-19)26-24(16-25)17-27(18-24)23(20-8-4-2-5-9-20)21-10-6-3-7-11-21/h2-15,23,26H,17-18H2,1H3. The molecule has 27 heavy (non-hydrogen) atoms. The molecule has 4 rings (SSSR count). The average molecular weight is 353 g/mol. The van der Waals surface area contributed by atoms with E-state index < -0.39 is 5.54 Å². The maximum Gasteiger partial charge on any atom is 0.151 e. The molecule has 0 aromatic heterocycles. The second kappa shape index (κ2) is 7.26. The zero-order valence-electron chi connectivity index (χ0n) is 15.5. The zero-order chi connectivity index (χ0) is 18.7. The lowest BCUT2D eigenvalue weighted by Gasteiger charge is -2.50. The molecule has 1 fully saturated rings. The van der Waals surface area contributed by atoms with Gasteiger partial charge in [0, 0.05) is 18.8 Å². The van der Waals surface area contributed by atoms with Gasteiger partial charge in [-0.2, -0.15) is 5.26 Å². The predicted molar refractivity (Wildman–Crippen MR) is 109 cm³/mol. The van der Waals surface area contributed by atoms with Gasteiger partial charge in [0.1, 0.15) is 0 Å². The largest absolute Gasteiger partial charge is 0.365 e. The van der Waals surface area contributed by atoms with E-state index in [2.05, 4.69) is 83.9 Å². The molecule has 0 aliphatic carbocycles. The summed E-state index contributed by atoms with van der Waals surface area (Å²) in [4.78, 5) is 2.37. The summed E-state index contributed by atoms with van der Waals surface area (Å²) < 4.78 is 0. The Morgan fingerprint density at radius 1 is 0.852 bits per heavy atom. The van der Waals surface area contributed by atoms with Gasteiger partial charge < -0.3 is 5.32 Å². The van der Waals surface area contributed by atoms with Crippen LogP contribution in [0.2, 0.25) is 0 Å². The Morgan fingerprint density at radius 2 is 1.37 bits per heavy atom. The third-order valence-electron chi connectivity index (χ3n) is 5.19. The Bertz CT molecular complexity index is 881. The number of nitrogens with zero attached hydrogens (tertiary/aromatic N) is 2. The van der Waals surface area contributed by atoms with Gasteiger partial charge in [-0.1, -0.05) is 78.4 Å². The molecule has 1 aliphatic rings. The molecule has 0 atom stereocenters. The molecule has 134 valence electrons. The summed E-state index contributed by atoms with van der Waals surface area (Å²) in [6.45, 7) is 3.44. The number of hydrogen-bond acceptors (Lipinski definition) is 3. The van der Waals surface area contributed by atoms with Crippen LogP contribution in [-0.4, -0.2) is 23.5 Å². The lowest BCUT2D eigenvalue weighted by atomic mass is 9.85. The van der Waals surface area contributed by atoms with Crippen LogP contribution >= 0.6 is 0 Å². The number of aryl methyl sites for hydroxylation is 1. The summed E-state index contributed by atoms with van der Waals surface area (Å²) >= 11 is 0. The fourth-order valence-electron chi connectivity index (χ4n) is 3.81. The van der Waals surface area contributed by atoms with Gasteiger partial charge in [0.05, 0.1) is 12.1 Å². The molecule has 3 nitrogen and oxygen atoms in total. The van der Waals surface area contributed by atoms with E-state index >= 15 is 0 Å². The van der Waals surface area contributed by atoms with Gasteiger partial charge in [0.15, 0.2) is 5.54 Å². The van der Waals surface area contributed by atoms with E-state index in [0.29, 0.717) is 13.1 Å². The van der Waals surface area contributed by atoms with Crippen molar-refractivity contribution >= 4 is 5.69 Å². The molecular formula is C24H23N3. The number of hydrogen-bond donors (Lipinski definition) is 1. The number of nitrogens with one attached hydrogen (secondary N) is 1. The van der Waals surface area contributed by atoms with Crippen LogP contribution in [0, 0.1) is 18.3 Å². The summed E-state index contributed by atoms with van der Waals surface area (Å²) in [5, 5.41) is 13.3. The minimum absolute atomic E-state index is 0.161. The first-order valence-corrected chi connectivity index (χ1v) is 9.29. The predicted octanol–water partition coefficient (Wildman–Crippen LogP) is 4.77. The highest BCUT2D eigenvalue weighted by Crippen LogP contribution is 2.37. The van der Waals surface area contributed by atoms with Crippen molar-refractivity contribution in [2.45, 2.75) is 18.5 Å². The van der Waals surface area contributed by atoms with Gasteiger partial charge in [0.2, 0.25) is 0 Å². The van der Waals surface area contributed by atoms with Crippen LogP contribution in [-0.2, 0) is 0 Å². The Labute approximate surface area is 160 Å². The molecule has 0 saturated carbocycles. The normalized spacial score (nSPS) is 15.7. The van der Waals surface area contributed by atoms with E-state index in [4.69, 9.17) is 0 Å². The summed E-state index contributed by atoms with van der Waals surface area (Å²) in [7, 11) is 0. The number of likely N-dealkylation sites (tertiary alicyclic amines) is 1. The van der Waals surface area contributed by atoms with Gasteiger partial charge >= 0.3 is 0 Å². The molecule has 1 saturated heterocycles. The maximum atomic E-state index is 9.85. The quantitative estimate of drug-likeness (QED) is 0.718. The molecular weight excluding hydrogens is 330 g/mol. The molecule has 0 bridgehead atoms. The van der Waals surface area contributed by atoms with Crippen molar-refractivity contribution in [3.63, 3.8) is 0 Å². The van der Waals surface area contributed by atoms with E-state index in [1.165, 1.54) is 16.7 Å². The Hall–Kier alpha value is -3.09. The first-order chi connectivity index (χ1) is 13.2. The zero-order valence-corrected chi connectivity index (χ0v) is 15.5. The third kappa shape index (κ3) is 3.58. The van der Waals surface area contributed by atoms with Crippen molar-refractivity contribution in [2.75, 3.05) is 18.4 Å². The maximum absolute atomic E-state index is 9.85. The molecule has 0 unspecified atom stereocenters. The highest BCUT2D eigenvalue weighted by molar-refractivity contribution is 5.51. The Kier molecular flexibility index (Phi) is 4.66. The first-order valence-electron chi connectivity index (χ1n) is 9.29. The molecule has 0 amide bonds. The van der Waals surface area contributed by atoms with Crippen LogP contribution in [0.15, 0.2) is 84.9 Å². The van der Waals surface area contributed by atoms with Crippen LogP contribution in [0.4, 0.5) is 5.69 Å². The molecule has 1 N–H and O–H groups in total. The second-order valence-electron chi connectivity index (χ2n) is 7.31. The second-order valence-corrected chi connectivity index (χ2v) is 7.31. The van der Waals surface area contributed by atoms with Crippen LogP contribution < -0.4 is 5.32 Å². The van der Waals surface area contributed by atoms with Gasteiger partial charge in [0.25, 0.3) is 0 Å². The van der Waals surface area contributed by atoms with Crippen molar-refractivity contribution in [1.82, 2.24) is 4.90 Å². The summed E-state index contributed by atoms with van der Waals surface area (Å²) in [5.74, 6) is 0. The number of rotatable bonds is 5. The van der Waals surface area contributed by atoms with E-state index in [1.54, 1.807) is 0 Å². The summed E-state index contributed by atoms with van der Waals surface area (Å²) in [6.07, 6.45) is 0. The number of benzene rings is 3. The van der Waals surface area contributed by atoms with Crippen LogP contribution in [0.3, 0.4) is 0 Å². The summed E-state index contributed by atoms with van der Waals surface area (Å²) in [5.41, 5.74) is 4.18. The van der Waals surface area contributed by atoms with Crippen molar-refractivity contribution in [3.05, 3.63) is 102 Å². The fraction of sp³-hybridized carbons (Fsp3) is 0.208. The first kappa shape index (κ1) is 17.3.